The van der Waals surface area contributed by atoms with E-state index in [1.165, 1.54) is 22.3 Å². The Morgan fingerprint density at radius 3 is 1.72 bits per heavy atom. The highest BCUT2D eigenvalue weighted by molar-refractivity contribution is 5.79. The number of carbonyl (C=O) groups excluding carboxylic acids is 1. The lowest BCUT2D eigenvalue weighted by molar-refractivity contribution is -0.0102. The molecule has 5 aromatic carbocycles. The first-order chi connectivity index (χ1) is 23.1. The quantitative estimate of drug-likeness (QED) is 0.116. The fraction of sp³-hybridized carbons (Fsp3) is 0.195. The zero-order valence-corrected chi connectivity index (χ0v) is 26.5. The van der Waals surface area contributed by atoms with Crippen molar-refractivity contribution in [2.45, 2.75) is 17.6 Å². The van der Waals surface area contributed by atoms with Crippen LogP contribution in [0.2, 0.25) is 0 Å². The van der Waals surface area contributed by atoms with Crippen LogP contribution in [0.1, 0.15) is 33.7 Å². The molecule has 0 fully saturated rings. The van der Waals surface area contributed by atoms with E-state index >= 15 is 0 Å². The predicted octanol–water partition coefficient (Wildman–Crippen LogP) is 8.20. The van der Waals surface area contributed by atoms with Crippen LogP contribution in [0.15, 0.2) is 140 Å². The standard InChI is InChI=1S/C41H37NO5/c1-44-33-22-18-30(19-23-33)41(29-11-4-3-5-12-29,31-20-24-34(45-2)25-21-31)47-27-32-13-10-26-42(32)40(43)46-28-39-37-16-8-6-14-35(37)36-15-7-9-17-38(36)39/h3-25,32,39H,26-28H2,1-2H3. The predicted molar refractivity (Wildman–Crippen MR) is 183 cm³/mol. The van der Waals surface area contributed by atoms with Crippen LogP contribution in [-0.4, -0.2) is 51.0 Å². The molecular formula is C41H37NO5. The number of fused-ring (bicyclic) bond motifs is 3. The summed E-state index contributed by atoms with van der Waals surface area (Å²) in [5.41, 5.74) is 6.63. The first kappa shape index (κ1) is 30.3. The molecule has 1 aliphatic heterocycles. The van der Waals surface area contributed by atoms with E-state index in [2.05, 4.69) is 48.5 Å². The summed E-state index contributed by atoms with van der Waals surface area (Å²) in [7, 11) is 3.31. The van der Waals surface area contributed by atoms with Gasteiger partial charge in [-0.15, -0.1) is 0 Å². The average molecular weight is 624 g/mol. The summed E-state index contributed by atoms with van der Waals surface area (Å²) in [4.78, 5) is 15.4. The third-order valence-electron chi connectivity index (χ3n) is 9.28. The highest BCUT2D eigenvalue weighted by atomic mass is 16.6. The van der Waals surface area contributed by atoms with Crippen LogP contribution in [0.5, 0.6) is 11.5 Å². The van der Waals surface area contributed by atoms with Gasteiger partial charge in [0.1, 0.15) is 23.7 Å². The van der Waals surface area contributed by atoms with Gasteiger partial charge in [0.2, 0.25) is 0 Å². The molecule has 0 N–H and O–H groups in total. The Balaban J connectivity index is 1.16. The fourth-order valence-corrected chi connectivity index (χ4v) is 6.89. The van der Waals surface area contributed by atoms with Crippen molar-refractivity contribution in [3.05, 3.63) is 167 Å². The summed E-state index contributed by atoms with van der Waals surface area (Å²) in [6.07, 6.45) is 3.67. The number of hydrogen-bond acceptors (Lipinski definition) is 5. The van der Waals surface area contributed by atoms with Gasteiger partial charge in [-0.2, -0.15) is 0 Å². The molecule has 0 bridgehead atoms. The van der Waals surface area contributed by atoms with Crippen LogP contribution in [0.3, 0.4) is 0 Å². The largest absolute Gasteiger partial charge is 0.497 e. The van der Waals surface area contributed by atoms with Gasteiger partial charge >= 0.3 is 6.09 Å². The molecule has 0 aromatic heterocycles. The molecule has 1 unspecified atom stereocenters. The second-order valence-corrected chi connectivity index (χ2v) is 11.8. The van der Waals surface area contributed by atoms with E-state index in [0.717, 1.165) is 28.2 Å². The van der Waals surface area contributed by atoms with Gasteiger partial charge in [-0.1, -0.05) is 115 Å². The van der Waals surface area contributed by atoms with Gasteiger partial charge in [0.15, 0.2) is 0 Å². The van der Waals surface area contributed by atoms with Crippen LogP contribution < -0.4 is 9.47 Å². The third-order valence-corrected chi connectivity index (χ3v) is 9.28. The molecule has 5 aromatic rings. The van der Waals surface area contributed by atoms with Crippen LogP contribution in [0.4, 0.5) is 4.79 Å². The van der Waals surface area contributed by atoms with E-state index in [4.69, 9.17) is 18.9 Å². The Morgan fingerprint density at radius 1 is 0.660 bits per heavy atom. The summed E-state index contributed by atoms with van der Waals surface area (Å²) in [6.45, 7) is 0.963. The summed E-state index contributed by atoms with van der Waals surface area (Å²) in [6, 6.07) is 42.5. The van der Waals surface area contributed by atoms with Crippen molar-refractivity contribution in [1.29, 1.82) is 0 Å². The number of ether oxygens (including phenoxy) is 4. The number of amides is 1. The molecule has 236 valence electrons. The molecule has 0 radical (unpaired) electrons. The molecule has 1 atom stereocenters. The van der Waals surface area contributed by atoms with E-state index < -0.39 is 5.60 Å². The Kier molecular flexibility index (Phi) is 8.51. The molecule has 1 amide bonds. The molecule has 6 nitrogen and oxygen atoms in total. The molecule has 7 rings (SSSR count). The molecule has 0 saturated heterocycles. The van der Waals surface area contributed by atoms with E-state index in [1.54, 1.807) is 19.1 Å². The maximum atomic E-state index is 13.7. The van der Waals surface area contributed by atoms with Gasteiger partial charge in [0, 0.05) is 12.5 Å². The first-order valence-corrected chi connectivity index (χ1v) is 15.9. The number of rotatable bonds is 10. The van der Waals surface area contributed by atoms with Gasteiger partial charge in [0.25, 0.3) is 0 Å². The van der Waals surface area contributed by atoms with E-state index in [1.807, 2.05) is 91.0 Å². The number of carbonyl (C=O) groups is 1. The van der Waals surface area contributed by atoms with Gasteiger partial charge < -0.3 is 18.9 Å². The first-order valence-electron chi connectivity index (χ1n) is 15.9. The minimum absolute atomic E-state index is 0.00696. The van der Waals surface area contributed by atoms with Crippen molar-refractivity contribution in [3.8, 4) is 22.6 Å². The van der Waals surface area contributed by atoms with Crippen molar-refractivity contribution in [2.75, 3.05) is 34.0 Å². The smallest absolute Gasteiger partial charge is 0.410 e. The number of benzene rings is 5. The summed E-state index contributed by atoms with van der Waals surface area (Å²) in [5.74, 6) is 1.50. The van der Waals surface area contributed by atoms with Crippen LogP contribution in [-0.2, 0) is 15.1 Å². The SMILES string of the molecule is COc1ccc(C(OCC2C=CCN2C(=O)OCC2c3ccccc3-c3ccccc32)(c2ccccc2)c2ccc(OC)cc2)cc1. The number of hydrogen-bond donors (Lipinski definition) is 0. The van der Waals surface area contributed by atoms with Crippen molar-refractivity contribution in [3.63, 3.8) is 0 Å². The lowest BCUT2D eigenvalue weighted by atomic mass is 9.80. The normalized spacial score (nSPS) is 15.3. The summed E-state index contributed by atoms with van der Waals surface area (Å²) in [5, 5.41) is 0. The maximum absolute atomic E-state index is 13.7. The number of nitrogens with zero attached hydrogens (tertiary/aromatic N) is 1. The highest BCUT2D eigenvalue weighted by Gasteiger charge is 2.40. The average Bonchev–Trinajstić information content (AvgIpc) is 3.74. The lowest BCUT2D eigenvalue weighted by Crippen LogP contribution is -2.43. The molecule has 1 heterocycles. The monoisotopic (exact) mass is 623 g/mol. The lowest BCUT2D eigenvalue weighted by Gasteiger charge is -2.37. The fourth-order valence-electron chi connectivity index (χ4n) is 6.89. The second-order valence-electron chi connectivity index (χ2n) is 11.8. The van der Waals surface area contributed by atoms with E-state index in [-0.39, 0.29) is 31.3 Å². The van der Waals surface area contributed by atoms with Crippen LogP contribution in [0.25, 0.3) is 11.1 Å². The Hall–Kier alpha value is -5.33. The van der Waals surface area contributed by atoms with E-state index in [9.17, 15) is 4.79 Å². The molecule has 0 spiro atoms. The molecular weight excluding hydrogens is 586 g/mol. The zero-order valence-electron chi connectivity index (χ0n) is 26.5. The van der Waals surface area contributed by atoms with Crippen molar-refractivity contribution in [2.24, 2.45) is 0 Å². The molecule has 1 aliphatic carbocycles. The van der Waals surface area contributed by atoms with E-state index in [0.29, 0.717) is 6.54 Å². The minimum atomic E-state index is -0.983. The van der Waals surface area contributed by atoms with Crippen molar-refractivity contribution >= 4 is 6.09 Å². The van der Waals surface area contributed by atoms with Gasteiger partial charge in [-0.25, -0.2) is 4.79 Å². The van der Waals surface area contributed by atoms with Crippen LogP contribution in [0, 0.1) is 0 Å². The summed E-state index contributed by atoms with van der Waals surface area (Å²) < 4.78 is 24.1. The Labute approximate surface area is 275 Å². The van der Waals surface area contributed by atoms with Crippen molar-refractivity contribution in [1.82, 2.24) is 4.90 Å². The van der Waals surface area contributed by atoms with Gasteiger partial charge in [-0.05, 0) is 63.2 Å². The zero-order chi connectivity index (χ0) is 32.2. The maximum Gasteiger partial charge on any atom is 0.410 e. The molecule has 47 heavy (non-hydrogen) atoms. The molecule has 2 aliphatic rings. The topological polar surface area (TPSA) is 57.2 Å². The van der Waals surface area contributed by atoms with Gasteiger partial charge in [-0.3, -0.25) is 4.90 Å². The Bertz CT molecular complexity index is 1770. The van der Waals surface area contributed by atoms with Gasteiger partial charge in [0.05, 0.1) is 26.9 Å². The molecule has 0 saturated carbocycles. The van der Waals surface area contributed by atoms with Crippen LogP contribution >= 0.6 is 0 Å². The Morgan fingerprint density at radius 2 is 1.17 bits per heavy atom. The highest BCUT2D eigenvalue weighted by Crippen LogP contribution is 2.45. The summed E-state index contributed by atoms with van der Waals surface area (Å²) >= 11 is 0. The van der Waals surface area contributed by atoms with Crippen molar-refractivity contribution < 1.29 is 23.7 Å². The third kappa shape index (κ3) is 5.66. The molecule has 6 heteroatoms. The minimum Gasteiger partial charge on any atom is -0.497 e. The second kappa shape index (κ2) is 13.2. The number of methoxy groups -OCH3 is 2.